The van der Waals surface area contributed by atoms with E-state index in [1.165, 1.54) is 0 Å². The monoisotopic (exact) mass is 334 g/mol. The summed E-state index contributed by atoms with van der Waals surface area (Å²) in [6, 6.07) is 14.5. The molecule has 0 atom stereocenters. The average Bonchev–Trinajstić information content (AvgIpc) is 2.64. The molecule has 0 spiro atoms. The van der Waals surface area contributed by atoms with E-state index in [1.54, 1.807) is 37.7 Å². The number of nitrogens with zero attached hydrogens (tertiary/aromatic N) is 2. The second-order valence-corrected chi connectivity index (χ2v) is 5.40. The fourth-order valence-corrected chi connectivity index (χ4v) is 2.29. The third kappa shape index (κ3) is 3.92. The maximum Gasteiger partial charge on any atom is 0.260 e. The van der Waals surface area contributed by atoms with Crippen molar-refractivity contribution in [3.63, 3.8) is 0 Å². The second kappa shape index (κ2) is 7.44. The Morgan fingerprint density at radius 1 is 1.04 bits per heavy atom. The number of para-hydroxylation sites is 2. The fraction of sp³-hybridized carbons (Fsp3) is 0.105. The highest BCUT2D eigenvalue weighted by Crippen LogP contribution is 2.27. The van der Waals surface area contributed by atoms with Gasteiger partial charge >= 0.3 is 0 Å². The smallest absolute Gasteiger partial charge is 0.260 e. The van der Waals surface area contributed by atoms with E-state index < -0.39 is 0 Å². The van der Waals surface area contributed by atoms with E-state index >= 15 is 0 Å². The second-order valence-electron chi connectivity index (χ2n) is 5.40. The summed E-state index contributed by atoms with van der Waals surface area (Å²) < 4.78 is 5.32. The van der Waals surface area contributed by atoms with Crippen LogP contribution >= 0.6 is 0 Å². The van der Waals surface area contributed by atoms with Crippen LogP contribution in [-0.2, 0) is 0 Å². The van der Waals surface area contributed by atoms with Crippen molar-refractivity contribution in [1.29, 1.82) is 0 Å². The van der Waals surface area contributed by atoms with Crippen molar-refractivity contribution in [1.82, 2.24) is 9.97 Å². The van der Waals surface area contributed by atoms with Gasteiger partial charge in [-0.05, 0) is 42.8 Å². The van der Waals surface area contributed by atoms with Crippen LogP contribution in [0.3, 0.4) is 0 Å². The number of benzene rings is 1. The van der Waals surface area contributed by atoms with Gasteiger partial charge in [-0.1, -0.05) is 18.2 Å². The lowest BCUT2D eigenvalue weighted by molar-refractivity contribution is 0.102. The molecule has 1 aromatic carbocycles. The average molecular weight is 334 g/mol. The van der Waals surface area contributed by atoms with Crippen molar-refractivity contribution < 1.29 is 9.53 Å². The molecule has 0 saturated heterocycles. The van der Waals surface area contributed by atoms with Crippen LogP contribution in [0.2, 0.25) is 0 Å². The maximum absolute atomic E-state index is 12.6. The molecule has 6 heteroatoms. The molecule has 3 aromatic rings. The molecule has 0 bridgehead atoms. The van der Waals surface area contributed by atoms with E-state index in [0.717, 1.165) is 11.3 Å². The largest absolute Gasteiger partial charge is 0.495 e. The summed E-state index contributed by atoms with van der Waals surface area (Å²) >= 11 is 0. The lowest BCUT2D eigenvalue weighted by Gasteiger charge is -2.13. The number of amides is 1. The lowest BCUT2D eigenvalue weighted by Crippen LogP contribution is -2.15. The topological polar surface area (TPSA) is 76.1 Å². The van der Waals surface area contributed by atoms with Crippen LogP contribution in [0.1, 0.15) is 15.9 Å². The zero-order valence-corrected chi connectivity index (χ0v) is 14.0. The van der Waals surface area contributed by atoms with Crippen molar-refractivity contribution in [2.24, 2.45) is 0 Å². The molecular formula is C19H18N4O2. The number of carbonyl (C=O) groups excluding carboxylic acids is 1. The summed E-state index contributed by atoms with van der Waals surface area (Å²) in [6.45, 7) is 1.94. The molecule has 0 fully saturated rings. The summed E-state index contributed by atoms with van der Waals surface area (Å²) in [6.07, 6.45) is 3.32. The van der Waals surface area contributed by atoms with Gasteiger partial charge in [-0.3, -0.25) is 4.79 Å². The molecule has 0 aliphatic carbocycles. The number of ether oxygens (including phenoxy) is 1. The van der Waals surface area contributed by atoms with E-state index in [2.05, 4.69) is 20.6 Å². The minimum absolute atomic E-state index is 0.290. The van der Waals surface area contributed by atoms with Gasteiger partial charge in [-0.15, -0.1) is 0 Å². The summed E-state index contributed by atoms with van der Waals surface area (Å²) in [5, 5.41) is 5.93. The van der Waals surface area contributed by atoms with Crippen molar-refractivity contribution in [2.45, 2.75) is 6.92 Å². The first-order valence-electron chi connectivity index (χ1n) is 7.76. The van der Waals surface area contributed by atoms with Crippen molar-refractivity contribution in [2.75, 3.05) is 17.7 Å². The van der Waals surface area contributed by atoms with Crippen LogP contribution in [0.15, 0.2) is 60.9 Å². The number of methoxy groups -OCH3 is 1. The van der Waals surface area contributed by atoms with Gasteiger partial charge in [0.05, 0.1) is 18.4 Å². The Kier molecular flexibility index (Phi) is 4.89. The summed E-state index contributed by atoms with van der Waals surface area (Å²) in [7, 11) is 1.59. The minimum atomic E-state index is -0.290. The Morgan fingerprint density at radius 3 is 2.64 bits per heavy atom. The van der Waals surface area contributed by atoms with Gasteiger partial charge in [0.25, 0.3) is 5.91 Å². The molecule has 25 heavy (non-hydrogen) atoms. The van der Waals surface area contributed by atoms with E-state index in [0.29, 0.717) is 22.9 Å². The van der Waals surface area contributed by atoms with Gasteiger partial charge in [0.2, 0.25) is 0 Å². The molecule has 0 unspecified atom stereocenters. The van der Waals surface area contributed by atoms with Crippen LogP contribution in [0, 0.1) is 6.92 Å². The maximum atomic E-state index is 12.6. The zero-order valence-electron chi connectivity index (χ0n) is 14.0. The van der Waals surface area contributed by atoms with Gasteiger partial charge in [0, 0.05) is 12.4 Å². The van der Waals surface area contributed by atoms with E-state index in [9.17, 15) is 4.79 Å². The molecule has 126 valence electrons. The standard InChI is InChI=1S/C19H18N4O2/c1-13-9-10-17(21-12-13)23-19(24)14-6-5-11-20-18(14)22-15-7-3-4-8-16(15)25-2/h3-12H,1-2H3,(H,20,22)(H,21,23,24). The lowest BCUT2D eigenvalue weighted by atomic mass is 10.2. The molecule has 0 aliphatic heterocycles. The molecule has 3 rings (SSSR count). The molecular weight excluding hydrogens is 316 g/mol. The number of rotatable bonds is 5. The quantitative estimate of drug-likeness (QED) is 0.742. The van der Waals surface area contributed by atoms with Crippen LogP contribution < -0.4 is 15.4 Å². The Bertz CT molecular complexity index is 879. The molecule has 0 aliphatic rings. The Balaban J connectivity index is 1.85. The van der Waals surface area contributed by atoms with E-state index in [-0.39, 0.29) is 5.91 Å². The first-order valence-corrected chi connectivity index (χ1v) is 7.76. The molecule has 2 aromatic heterocycles. The van der Waals surface area contributed by atoms with Crippen LogP contribution in [0.25, 0.3) is 0 Å². The predicted octanol–water partition coefficient (Wildman–Crippen LogP) is 3.79. The molecule has 1 amide bonds. The van der Waals surface area contributed by atoms with Gasteiger partial charge < -0.3 is 15.4 Å². The minimum Gasteiger partial charge on any atom is -0.495 e. The number of nitrogens with one attached hydrogen (secondary N) is 2. The Labute approximate surface area is 145 Å². The number of hydrogen-bond donors (Lipinski definition) is 2. The molecule has 2 N–H and O–H groups in total. The van der Waals surface area contributed by atoms with Crippen LogP contribution in [0.5, 0.6) is 5.75 Å². The normalized spacial score (nSPS) is 10.2. The molecule has 6 nitrogen and oxygen atoms in total. The van der Waals surface area contributed by atoms with E-state index in [4.69, 9.17) is 4.74 Å². The van der Waals surface area contributed by atoms with Crippen LogP contribution in [-0.4, -0.2) is 23.0 Å². The summed E-state index contributed by atoms with van der Waals surface area (Å²) in [4.78, 5) is 21.1. The Morgan fingerprint density at radius 2 is 1.88 bits per heavy atom. The van der Waals surface area contributed by atoms with Crippen molar-refractivity contribution in [3.8, 4) is 5.75 Å². The highest BCUT2D eigenvalue weighted by Gasteiger charge is 2.14. The highest BCUT2D eigenvalue weighted by atomic mass is 16.5. The SMILES string of the molecule is COc1ccccc1Nc1ncccc1C(=O)Nc1ccc(C)cn1. The van der Waals surface area contributed by atoms with Crippen molar-refractivity contribution >= 4 is 23.2 Å². The number of carbonyl (C=O) groups is 1. The first kappa shape index (κ1) is 16.4. The number of aromatic nitrogens is 2. The Hall–Kier alpha value is -3.41. The van der Waals surface area contributed by atoms with Gasteiger partial charge in [0.15, 0.2) is 0 Å². The van der Waals surface area contributed by atoms with Gasteiger partial charge in [-0.25, -0.2) is 9.97 Å². The van der Waals surface area contributed by atoms with Crippen LogP contribution in [0.4, 0.5) is 17.3 Å². The zero-order chi connectivity index (χ0) is 17.6. The number of hydrogen-bond acceptors (Lipinski definition) is 5. The highest BCUT2D eigenvalue weighted by molar-refractivity contribution is 6.07. The molecule has 2 heterocycles. The third-order valence-electron chi connectivity index (χ3n) is 3.57. The fourth-order valence-electron chi connectivity index (χ4n) is 2.29. The number of pyridine rings is 2. The molecule has 0 saturated carbocycles. The first-order chi connectivity index (χ1) is 12.2. The van der Waals surface area contributed by atoms with E-state index in [1.807, 2.05) is 37.3 Å². The number of aryl methyl sites for hydroxylation is 1. The predicted molar refractivity (Wildman–Crippen MR) is 97.4 cm³/mol. The van der Waals surface area contributed by atoms with Crippen molar-refractivity contribution in [3.05, 3.63) is 72.1 Å². The van der Waals surface area contributed by atoms with Gasteiger partial charge in [0.1, 0.15) is 17.4 Å². The summed E-state index contributed by atoms with van der Waals surface area (Å²) in [5.74, 6) is 1.31. The molecule has 0 radical (unpaired) electrons. The third-order valence-corrected chi connectivity index (χ3v) is 3.57. The van der Waals surface area contributed by atoms with Gasteiger partial charge in [-0.2, -0.15) is 0 Å². The number of anilines is 3. The summed E-state index contributed by atoms with van der Waals surface area (Å²) in [5.41, 5.74) is 2.17.